The predicted octanol–water partition coefficient (Wildman–Crippen LogP) is 2.16. The second-order valence-electron chi connectivity index (χ2n) is 5.71. The maximum Gasteiger partial charge on any atom is 0.184 e. The number of aryl methyl sites for hydroxylation is 1. The van der Waals surface area contributed by atoms with Crippen molar-refractivity contribution in [2.75, 3.05) is 0 Å². The highest BCUT2D eigenvalue weighted by Gasteiger charge is 2.70. The van der Waals surface area contributed by atoms with Crippen molar-refractivity contribution in [1.82, 2.24) is 0 Å². The Balaban J connectivity index is 2.04. The summed E-state index contributed by atoms with van der Waals surface area (Å²) in [6.45, 7) is 1.95. The molecule has 3 rings (SSSR count). The Morgan fingerprint density at radius 2 is 1.68 bits per heavy atom. The number of benzene rings is 2. The first kappa shape index (κ1) is 14.8. The molecule has 2 aromatic rings. The summed E-state index contributed by atoms with van der Waals surface area (Å²) in [6, 6.07) is 17.7. The first-order valence-corrected chi connectivity index (χ1v) is 8.51. The monoisotopic (exact) mass is 312 g/mol. The molecule has 0 heterocycles. The van der Waals surface area contributed by atoms with Gasteiger partial charge in [-0.25, -0.2) is 8.42 Å². The van der Waals surface area contributed by atoms with Crippen molar-refractivity contribution in [3.05, 3.63) is 65.7 Å². The van der Waals surface area contributed by atoms with Crippen molar-refractivity contribution in [3.8, 4) is 6.07 Å². The van der Waals surface area contributed by atoms with E-state index in [2.05, 4.69) is 0 Å². The van der Waals surface area contributed by atoms with E-state index in [1.807, 2.05) is 37.3 Å². The van der Waals surface area contributed by atoms with Crippen LogP contribution in [0, 0.1) is 18.3 Å². The SMILES string of the molecule is Cc1ccc(C2C(S(=O)(=O)c3ccccc3)C2(N)C#N)cc1. The van der Waals surface area contributed by atoms with Gasteiger partial charge in [-0.15, -0.1) is 0 Å². The van der Waals surface area contributed by atoms with Gasteiger partial charge in [-0.05, 0) is 24.6 Å². The third-order valence-electron chi connectivity index (χ3n) is 4.22. The van der Waals surface area contributed by atoms with Gasteiger partial charge in [0.15, 0.2) is 9.84 Å². The lowest BCUT2D eigenvalue weighted by atomic mass is 10.1. The van der Waals surface area contributed by atoms with Crippen LogP contribution in [0.15, 0.2) is 59.5 Å². The van der Waals surface area contributed by atoms with Gasteiger partial charge in [-0.2, -0.15) is 5.26 Å². The van der Waals surface area contributed by atoms with Crippen LogP contribution >= 0.6 is 0 Å². The van der Waals surface area contributed by atoms with Crippen molar-refractivity contribution in [2.24, 2.45) is 5.73 Å². The van der Waals surface area contributed by atoms with Crippen LogP contribution in [0.3, 0.4) is 0 Å². The summed E-state index contributed by atoms with van der Waals surface area (Å²) >= 11 is 0. The zero-order chi connectivity index (χ0) is 16.0. The zero-order valence-electron chi connectivity index (χ0n) is 12.1. The van der Waals surface area contributed by atoms with E-state index in [0.29, 0.717) is 0 Å². The zero-order valence-corrected chi connectivity index (χ0v) is 12.9. The molecule has 3 atom stereocenters. The van der Waals surface area contributed by atoms with E-state index in [4.69, 9.17) is 5.73 Å². The van der Waals surface area contributed by atoms with E-state index in [-0.39, 0.29) is 4.90 Å². The lowest BCUT2D eigenvalue weighted by Crippen LogP contribution is -2.29. The fraction of sp³-hybridized carbons (Fsp3) is 0.235. The van der Waals surface area contributed by atoms with E-state index in [1.165, 1.54) is 12.1 Å². The number of hydrogen-bond acceptors (Lipinski definition) is 4. The topological polar surface area (TPSA) is 83.9 Å². The highest BCUT2D eigenvalue weighted by atomic mass is 32.2. The number of hydrogen-bond donors (Lipinski definition) is 1. The van der Waals surface area contributed by atoms with Crippen LogP contribution in [-0.4, -0.2) is 19.2 Å². The molecule has 0 amide bonds. The van der Waals surface area contributed by atoms with Gasteiger partial charge in [0.05, 0.1) is 11.0 Å². The van der Waals surface area contributed by atoms with Gasteiger partial charge in [-0.3, -0.25) is 0 Å². The molecule has 3 unspecified atom stereocenters. The standard InChI is InChI=1S/C17H16N2O2S/c1-12-7-9-13(10-8-12)15-16(17(15,19)11-18)22(20,21)14-5-3-2-4-6-14/h2-10,15-16H,19H2,1H3. The lowest BCUT2D eigenvalue weighted by Gasteiger charge is -2.04. The maximum absolute atomic E-state index is 12.8. The molecule has 0 aliphatic heterocycles. The number of nitrogens with two attached hydrogens (primary N) is 1. The first-order valence-electron chi connectivity index (χ1n) is 6.97. The molecule has 1 fully saturated rings. The van der Waals surface area contributed by atoms with Crippen LogP contribution in [0.25, 0.3) is 0 Å². The normalized spacial score (nSPS) is 27.1. The Labute approximate surface area is 130 Å². The molecular weight excluding hydrogens is 296 g/mol. The number of nitriles is 1. The molecule has 2 aromatic carbocycles. The molecule has 1 saturated carbocycles. The van der Waals surface area contributed by atoms with Crippen LogP contribution < -0.4 is 5.73 Å². The molecular formula is C17H16N2O2S. The Morgan fingerprint density at radius 3 is 2.23 bits per heavy atom. The van der Waals surface area contributed by atoms with Crippen LogP contribution in [0.1, 0.15) is 17.0 Å². The van der Waals surface area contributed by atoms with E-state index in [0.717, 1.165) is 11.1 Å². The highest BCUT2D eigenvalue weighted by Crippen LogP contribution is 2.55. The van der Waals surface area contributed by atoms with E-state index < -0.39 is 26.5 Å². The Bertz CT molecular complexity index is 838. The first-order chi connectivity index (χ1) is 10.4. The number of nitrogens with zero attached hydrogens (tertiary/aromatic N) is 1. The largest absolute Gasteiger partial charge is 0.312 e. The Kier molecular flexibility index (Phi) is 3.32. The second-order valence-corrected chi connectivity index (χ2v) is 7.78. The van der Waals surface area contributed by atoms with Crippen LogP contribution in [0.2, 0.25) is 0 Å². The summed E-state index contributed by atoms with van der Waals surface area (Å²) in [5, 5.41) is 8.49. The quantitative estimate of drug-likeness (QED) is 0.941. The molecule has 2 N–H and O–H groups in total. The molecule has 0 bridgehead atoms. The van der Waals surface area contributed by atoms with Crippen molar-refractivity contribution >= 4 is 9.84 Å². The Hall–Kier alpha value is -2.16. The average molecular weight is 312 g/mol. The molecule has 5 heteroatoms. The summed E-state index contributed by atoms with van der Waals surface area (Å²) in [4.78, 5) is 0.208. The van der Waals surface area contributed by atoms with Gasteiger partial charge in [0, 0.05) is 5.92 Å². The molecule has 0 spiro atoms. The lowest BCUT2D eigenvalue weighted by molar-refractivity contribution is 0.592. The summed E-state index contributed by atoms with van der Waals surface area (Å²) in [7, 11) is -3.64. The summed E-state index contributed by atoms with van der Waals surface area (Å²) in [6.07, 6.45) is 0. The van der Waals surface area contributed by atoms with Crippen LogP contribution in [0.4, 0.5) is 0 Å². The highest BCUT2D eigenvalue weighted by molar-refractivity contribution is 7.92. The van der Waals surface area contributed by atoms with Gasteiger partial charge in [0.1, 0.15) is 10.8 Å². The van der Waals surface area contributed by atoms with Gasteiger partial charge in [0.2, 0.25) is 0 Å². The fourth-order valence-corrected chi connectivity index (χ4v) is 5.13. The van der Waals surface area contributed by atoms with Crippen LogP contribution in [-0.2, 0) is 9.84 Å². The third kappa shape index (κ3) is 2.12. The van der Waals surface area contributed by atoms with Crippen LogP contribution in [0.5, 0.6) is 0 Å². The minimum atomic E-state index is -3.64. The fourth-order valence-electron chi connectivity index (χ4n) is 2.92. The molecule has 0 radical (unpaired) electrons. The third-order valence-corrected chi connectivity index (χ3v) is 6.48. The van der Waals surface area contributed by atoms with Crippen molar-refractivity contribution < 1.29 is 8.42 Å². The summed E-state index contributed by atoms with van der Waals surface area (Å²) < 4.78 is 25.6. The second kappa shape index (κ2) is 4.94. The van der Waals surface area contributed by atoms with Gasteiger partial charge in [0.25, 0.3) is 0 Å². The molecule has 112 valence electrons. The summed E-state index contributed by atoms with van der Waals surface area (Å²) in [5.74, 6) is -0.497. The van der Waals surface area contributed by atoms with E-state index in [9.17, 15) is 13.7 Å². The van der Waals surface area contributed by atoms with E-state index in [1.54, 1.807) is 18.2 Å². The van der Waals surface area contributed by atoms with Crippen molar-refractivity contribution in [2.45, 2.75) is 28.5 Å². The molecule has 1 aliphatic rings. The minimum absolute atomic E-state index is 0.208. The number of sulfone groups is 1. The van der Waals surface area contributed by atoms with E-state index >= 15 is 0 Å². The number of rotatable bonds is 3. The Morgan fingerprint density at radius 1 is 1.09 bits per heavy atom. The van der Waals surface area contributed by atoms with Gasteiger partial charge in [-0.1, -0.05) is 48.0 Å². The average Bonchev–Trinajstić information content (AvgIpc) is 3.17. The molecule has 22 heavy (non-hydrogen) atoms. The molecule has 0 aromatic heterocycles. The van der Waals surface area contributed by atoms with Crippen molar-refractivity contribution in [1.29, 1.82) is 5.26 Å². The maximum atomic E-state index is 12.8. The minimum Gasteiger partial charge on any atom is -0.312 e. The van der Waals surface area contributed by atoms with Gasteiger partial charge >= 0.3 is 0 Å². The van der Waals surface area contributed by atoms with Gasteiger partial charge < -0.3 is 5.73 Å². The molecule has 0 saturated heterocycles. The molecule has 1 aliphatic carbocycles. The smallest absolute Gasteiger partial charge is 0.184 e. The molecule has 4 nitrogen and oxygen atoms in total. The summed E-state index contributed by atoms with van der Waals surface area (Å²) in [5.41, 5.74) is 6.58. The predicted molar refractivity (Wildman–Crippen MR) is 83.9 cm³/mol. The van der Waals surface area contributed by atoms with Crippen molar-refractivity contribution in [3.63, 3.8) is 0 Å².